The van der Waals surface area contributed by atoms with Gasteiger partial charge in [0.15, 0.2) is 0 Å². The second-order valence-corrected chi connectivity index (χ2v) is 7.07. The number of hydrogen-bond acceptors (Lipinski definition) is 4. The molecule has 0 aliphatic carbocycles. The number of hydrogen-bond donors (Lipinski definition) is 1. The molecule has 0 unspecified atom stereocenters. The van der Waals surface area contributed by atoms with Crippen molar-refractivity contribution in [2.24, 2.45) is 0 Å². The number of aryl methyl sites for hydroxylation is 2. The average molecular weight is 305 g/mol. The molecule has 0 radical (unpaired) electrons. The molecule has 0 spiro atoms. The minimum atomic E-state index is -3.59. The van der Waals surface area contributed by atoms with Gasteiger partial charge in [-0.25, -0.2) is 8.42 Å². The summed E-state index contributed by atoms with van der Waals surface area (Å²) in [4.78, 5) is 4.56. The Balaban J connectivity index is 2.33. The Morgan fingerprint density at radius 2 is 1.90 bits per heavy atom. The minimum absolute atomic E-state index is 0.220. The van der Waals surface area contributed by atoms with Gasteiger partial charge in [0.25, 0.3) is 0 Å². The van der Waals surface area contributed by atoms with E-state index in [1.54, 1.807) is 26.1 Å². The molecule has 0 aliphatic rings. The molecule has 1 heterocycles. The second kappa shape index (κ2) is 5.83. The molecule has 0 amide bonds. The number of rotatable bonds is 4. The van der Waals surface area contributed by atoms with Crippen LogP contribution in [0, 0.1) is 13.8 Å². The van der Waals surface area contributed by atoms with Crippen molar-refractivity contribution in [3.05, 3.63) is 53.3 Å². The molecule has 0 atom stereocenters. The van der Waals surface area contributed by atoms with Gasteiger partial charge in [0.05, 0.1) is 17.1 Å². The monoisotopic (exact) mass is 305 g/mol. The Bertz CT molecular complexity index is 757. The Kier molecular flexibility index (Phi) is 4.29. The lowest BCUT2D eigenvalue weighted by atomic mass is 10.2. The molecule has 0 bridgehead atoms. The van der Waals surface area contributed by atoms with Crippen LogP contribution in [0.2, 0.25) is 0 Å². The van der Waals surface area contributed by atoms with Crippen LogP contribution >= 0.6 is 0 Å². The fourth-order valence-electron chi connectivity index (χ4n) is 2.06. The molecular formula is C15H19N3O2S. The van der Waals surface area contributed by atoms with Crippen LogP contribution in [-0.2, 0) is 16.6 Å². The maximum atomic E-state index is 12.6. The van der Waals surface area contributed by atoms with Crippen molar-refractivity contribution in [3.8, 4) is 0 Å². The normalized spacial score (nSPS) is 11.8. The number of aromatic nitrogens is 1. The third kappa shape index (κ3) is 3.40. The molecule has 2 rings (SSSR count). The zero-order valence-electron chi connectivity index (χ0n) is 12.4. The van der Waals surface area contributed by atoms with Crippen LogP contribution < -0.4 is 5.73 Å². The van der Waals surface area contributed by atoms with Gasteiger partial charge in [-0.2, -0.15) is 4.31 Å². The SMILES string of the molecule is Cc1cccc(CN(C)S(=O)(=O)c2cc(N)ccc2C)n1. The predicted molar refractivity (Wildman–Crippen MR) is 83.2 cm³/mol. The van der Waals surface area contributed by atoms with Gasteiger partial charge >= 0.3 is 0 Å². The molecule has 1 aromatic heterocycles. The van der Waals surface area contributed by atoms with Gasteiger partial charge in [-0.3, -0.25) is 4.98 Å². The summed E-state index contributed by atoms with van der Waals surface area (Å²) in [7, 11) is -2.05. The largest absolute Gasteiger partial charge is 0.399 e. The van der Waals surface area contributed by atoms with Crippen molar-refractivity contribution in [2.75, 3.05) is 12.8 Å². The van der Waals surface area contributed by atoms with Crippen LogP contribution in [0.3, 0.4) is 0 Å². The van der Waals surface area contributed by atoms with Crippen molar-refractivity contribution in [3.63, 3.8) is 0 Å². The van der Waals surface area contributed by atoms with Crippen LogP contribution in [0.4, 0.5) is 5.69 Å². The number of nitrogens with zero attached hydrogens (tertiary/aromatic N) is 2. The lowest BCUT2D eigenvalue weighted by Gasteiger charge is -2.18. The van der Waals surface area contributed by atoms with Gasteiger partial charge in [-0.05, 0) is 43.7 Å². The highest BCUT2D eigenvalue weighted by Crippen LogP contribution is 2.22. The van der Waals surface area contributed by atoms with Crippen molar-refractivity contribution in [1.29, 1.82) is 0 Å². The molecule has 0 fully saturated rings. The number of pyridine rings is 1. The average Bonchev–Trinajstić information content (AvgIpc) is 2.41. The van der Waals surface area contributed by atoms with Gasteiger partial charge < -0.3 is 5.73 Å². The van der Waals surface area contributed by atoms with E-state index in [9.17, 15) is 8.42 Å². The molecule has 0 saturated carbocycles. The lowest BCUT2D eigenvalue weighted by Crippen LogP contribution is -2.27. The quantitative estimate of drug-likeness (QED) is 0.878. The highest BCUT2D eigenvalue weighted by molar-refractivity contribution is 7.89. The number of benzene rings is 1. The fourth-order valence-corrected chi connectivity index (χ4v) is 3.46. The van der Waals surface area contributed by atoms with E-state index in [2.05, 4.69) is 4.98 Å². The van der Waals surface area contributed by atoms with Crippen LogP contribution in [0.1, 0.15) is 17.0 Å². The van der Waals surface area contributed by atoms with E-state index < -0.39 is 10.0 Å². The summed E-state index contributed by atoms with van der Waals surface area (Å²) < 4.78 is 26.6. The Morgan fingerprint density at radius 1 is 1.19 bits per heavy atom. The molecule has 1 aromatic carbocycles. The zero-order chi connectivity index (χ0) is 15.6. The van der Waals surface area contributed by atoms with Gasteiger partial charge in [-0.1, -0.05) is 12.1 Å². The van der Waals surface area contributed by atoms with Crippen molar-refractivity contribution in [2.45, 2.75) is 25.3 Å². The maximum Gasteiger partial charge on any atom is 0.243 e. The van der Waals surface area contributed by atoms with Crippen molar-refractivity contribution in [1.82, 2.24) is 9.29 Å². The first-order chi connectivity index (χ1) is 9.80. The van der Waals surface area contributed by atoms with Gasteiger partial charge in [0.2, 0.25) is 10.0 Å². The first kappa shape index (κ1) is 15.5. The summed E-state index contributed by atoms with van der Waals surface area (Å²) in [6.45, 7) is 3.85. The van der Waals surface area contributed by atoms with Crippen LogP contribution in [-0.4, -0.2) is 24.8 Å². The summed E-state index contributed by atoms with van der Waals surface area (Å²) in [5.74, 6) is 0. The third-order valence-electron chi connectivity index (χ3n) is 3.23. The lowest BCUT2D eigenvalue weighted by molar-refractivity contribution is 0.461. The summed E-state index contributed by atoms with van der Waals surface area (Å²) >= 11 is 0. The Labute approximate surface area is 125 Å². The standard InChI is InChI=1S/C15H19N3O2S/c1-11-7-8-13(16)9-15(11)21(19,20)18(3)10-14-6-4-5-12(2)17-14/h4-9H,10,16H2,1-3H3. The number of sulfonamides is 1. The van der Waals surface area contributed by atoms with E-state index >= 15 is 0 Å². The molecule has 5 nitrogen and oxygen atoms in total. The van der Waals surface area contributed by atoms with E-state index in [1.807, 2.05) is 25.1 Å². The van der Waals surface area contributed by atoms with E-state index in [-0.39, 0.29) is 11.4 Å². The van der Waals surface area contributed by atoms with Gasteiger partial charge in [0.1, 0.15) is 0 Å². The number of anilines is 1. The topological polar surface area (TPSA) is 76.3 Å². The molecule has 2 N–H and O–H groups in total. The van der Waals surface area contributed by atoms with Crippen LogP contribution in [0.15, 0.2) is 41.3 Å². The van der Waals surface area contributed by atoms with E-state index in [0.717, 1.165) is 5.69 Å². The van der Waals surface area contributed by atoms with Gasteiger partial charge in [0, 0.05) is 18.4 Å². The molecule has 6 heteroatoms. The molecule has 0 aliphatic heterocycles. The smallest absolute Gasteiger partial charge is 0.243 e. The Morgan fingerprint density at radius 3 is 2.57 bits per heavy atom. The molecular weight excluding hydrogens is 286 g/mol. The zero-order valence-corrected chi connectivity index (χ0v) is 13.2. The molecule has 0 saturated heterocycles. The fraction of sp³-hybridized carbons (Fsp3) is 0.267. The van der Waals surface area contributed by atoms with Crippen LogP contribution in [0.5, 0.6) is 0 Å². The third-order valence-corrected chi connectivity index (χ3v) is 5.18. The first-order valence-electron chi connectivity index (χ1n) is 6.55. The number of nitrogen functional groups attached to an aromatic ring is 1. The molecule has 2 aromatic rings. The van der Waals surface area contributed by atoms with E-state index in [4.69, 9.17) is 5.73 Å². The molecule has 21 heavy (non-hydrogen) atoms. The maximum absolute atomic E-state index is 12.6. The highest BCUT2D eigenvalue weighted by Gasteiger charge is 2.23. The second-order valence-electron chi connectivity index (χ2n) is 5.06. The Hall–Kier alpha value is -1.92. The number of nitrogens with two attached hydrogens (primary N) is 1. The summed E-state index contributed by atoms with van der Waals surface area (Å²) in [6.07, 6.45) is 0. The first-order valence-corrected chi connectivity index (χ1v) is 8.00. The summed E-state index contributed by atoms with van der Waals surface area (Å²) in [6, 6.07) is 10.4. The van der Waals surface area contributed by atoms with Gasteiger partial charge in [-0.15, -0.1) is 0 Å². The summed E-state index contributed by atoms with van der Waals surface area (Å²) in [5, 5.41) is 0. The minimum Gasteiger partial charge on any atom is -0.399 e. The highest BCUT2D eigenvalue weighted by atomic mass is 32.2. The van der Waals surface area contributed by atoms with Crippen molar-refractivity contribution >= 4 is 15.7 Å². The van der Waals surface area contributed by atoms with E-state index in [1.165, 1.54) is 10.4 Å². The van der Waals surface area contributed by atoms with Crippen LogP contribution in [0.25, 0.3) is 0 Å². The summed E-state index contributed by atoms with van der Waals surface area (Å²) in [5.41, 5.74) is 8.38. The van der Waals surface area contributed by atoms with Crippen molar-refractivity contribution < 1.29 is 8.42 Å². The predicted octanol–water partition coefficient (Wildman–Crippen LogP) is 2.10. The van der Waals surface area contributed by atoms with E-state index in [0.29, 0.717) is 16.9 Å². The molecule has 112 valence electrons.